The molecule has 4 aromatic heterocycles. The molecule has 13 nitrogen and oxygen atoms in total. The number of nitrogens with zero attached hydrogens (tertiary/aromatic N) is 6. The highest BCUT2D eigenvalue weighted by molar-refractivity contribution is 9.10. The third-order valence-electron chi connectivity index (χ3n) is 8.29. The van der Waals surface area contributed by atoms with Gasteiger partial charge in [0.25, 0.3) is 10.0 Å². The second-order valence-electron chi connectivity index (χ2n) is 11.1. The molecule has 0 saturated heterocycles. The van der Waals surface area contributed by atoms with Gasteiger partial charge in [-0.25, -0.2) is 27.0 Å². The van der Waals surface area contributed by atoms with E-state index in [1.165, 1.54) is 38.7 Å². The largest absolute Gasteiger partial charge is 0.479 e. The molecule has 4 heterocycles. The van der Waals surface area contributed by atoms with Crippen molar-refractivity contribution >= 4 is 54.1 Å². The Morgan fingerprint density at radius 2 is 1.86 bits per heavy atom. The van der Waals surface area contributed by atoms with Crippen LogP contribution in [0.15, 0.2) is 56.9 Å². The van der Waals surface area contributed by atoms with Gasteiger partial charge < -0.3 is 15.2 Å². The third-order valence-corrected chi connectivity index (χ3v) is 10.8. The van der Waals surface area contributed by atoms with Crippen molar-refractivity contribution < 1.29 is 23.1 Å². The van der Waals surface area contributed by atoms with Crippen molar-refractivity contribution in [3.63, 3.8) is 0 Å². The van der Waals surface area contributed by atoms with Gasteiger partial charge in [-0.1, -0.05) is 18.2 Å². The Labute approximate surface area is 254 Å². The highest BCUT2D eigenvalue weighted by Gasteiger charge is 2.37. The predicted molar refractivity (Wildman–Crippen MR) is 163 cm³/mol. The monoisotopic (exact) mass is 671 g/mol. The fraction of sp³-hybridized carbons (Fsp3) is 0.357. The number of carboxylic acid groups (broad SMARTS) is 1. The van der Waals surface area contributed by atoms with Crippen molar-refractivity contribution in [2.45, 2.75) is 49.1 Å². The molecule has 0 bridgehead atoms. The number of aromatic nitrogens is 6. The number of methoxy groups -OCH3 is 1. The summed E-state index contributed by atoms with van der Waals surface area (Å²) in [5.74, 6) is 0.217. The highest BCUT2D eigenvalue weighted by Crippen LogP contribution is 2.45. The average molecular weight is 673 g/mol. The van der Waals surface area contributed by atoms with Crippen LogP contribution in [0.1, 0.15) is 38.6 Å². The van der Waals surface area contributed by atoms with Crippen molar-refractivity contribution in [1.82, 2.24) is 33.2 Å². The Morgan fingerprint density at radius 3 is 2.49 bits per heavy atom. The van der Waals surface area contributed by atoms with Crippen molar-refractivity contribution in [2.75, 3.05) is 7.11 Å². The number of benzene rings is 1. The molecule has 1 aliphatic carbocycles. The van der Waals surface area contributed by atoms with Gasteiger partial charge in [-0.15, -0.1) is 5.10 Å². The maximum Gasteiger partial charge on any atom is 0.405 e. The average Bonchev–Trinajstić information content (AvgIpc) is 3.58. The number of rotatable bonds is 6. The van der Waals surface area contributed by atoms with Crippen LogP contribution in [0, 0.1) is 0 Å². The van der Waals surface area contributed by atoms with Crippen molar-refractivity contribution in [2.24, 2.45) is 14.1 Å². The normalized spacial score (nSPS) is 19.2. The standard InChI is InChI=1S/C28H30BrN7O6S/c1-28(31-26(37)38)12-10-16(11-13-28)35-23-19(34(3)27(35)39)14-30-24-20(23)21(29)22(18-15-33(2)32-25(18)42-4)36(24)43(40,41)17-8-6-5-7-9-17/h5-9,14-16,31H,10-13H2,1-4H3,(H,37,38). The van der Waals surface area contributed by atoms with E-state index >= 15 is 0 Å². The smallest absolute Gasteiger partial charge is 0.405 e. The summed E-state index contributed by atoms with van der Waals surface area (Å²) in [7, 11) is 0.621. The number of fused-ring (bicyclic) bond motifs is 3. The van der Waals surface area contributed by atoms with Crippen molar-refractivity contribution in [1.29, 1.82) is 0 Å². The Kier molecular flexibility index (Phi) is 6.92. The van der Waals surface area contributed by atoms with Crippen molar-refractivity contribution in [3.8, 4) is 17.1 Å². The van der Waals surface area contributed by atoms with Gasteiger partial charge in [0.05, 0.1) is 50.4 Å². The lowest BCUT2D eigenvalue weighted by Gasteiger charge is -2.37. The minimum Gasteiger partial charge on any atom is -0.479 e. The maximum absolute atomic E-state index is 14.3. The molecule has 2 N–H and O–H groups in total. The number of amides is 1. The van der Waals surface area contributed by atoms with E-state index in [2.05, 4.69) is 31.3 Å². The number of hydrogen-bond acceptors (Lipinski definition) is 7. The summed E-state index contributed by atoms with van der Waals surface area (Å²) in [5, 5.41) is 16.7. The summed E-state index contributed by atoms with van der Waals surface area (Å²) in [6.45, 7) is 1.87. The zero-order chi connectivity index (χ0) is 30.8. The molecule has 0 atom stereocenters. The molecule has 1 fully saturated rings. The zero-order valence-corrected chi connectivity index (χ0v) is 26.3. The number of hydrogen-bond donors (Lipinski definition) is 2. The molecule has 1 saturated carbocycles. The minimum atomic E-state index is -4.20. The van der Waals surface area contributed by atoms with Gasteiger partial charge in [-0.3, -0.25) is 13.8 Å². The van der Waals surface area contributed by atoms with Crippen molar-refractivity contribution in [3.05, 3.63) is 57.7 Å². The summed E-state index contributed by atoms with van der Waals surface area (Å²) < 4.78 is 40.5. The molecule has 0 spiro atoms. The van der Waals surface area contributed by atoms with Crippen LogP contribution in [0.25, 0.3) is 33.3 Å². The van der Waals surface area contributed by atoms with Crippen LogP contribution < -0.4 is 15.7 Å². The maximum atomic E-state index is 14.3. The number of aryl methyl sites for hydroxylation is 2. The molecule has 1 aliphatic rings. The SMILES string of the molecule is COc1nn(C)cc1-c1c(Br)c2c(ncc3c2n(C2CCC(C)(NC(=O)O)CC2)c(=O)n3C)n1S(=O)(=O)c1ccccc1. The van der Waals surface area contributed by atoms with E-state index in [1.807, 2.05) is 6.92 Å². The Balaban J connectivity index is 1.67. The Bertz CT molecular complexity index is 2070. The van der Waals surface area contributed by atoms with Crippen LogP contribution in [-0.4, -0.2) is 60.1 Å². The van der Waals surface area contributed by atoms with Crippen LogP contribution in [0.3, 0.4) is 0 Å². The summed E-state index contributed by atoms with van der Waals surface area (Å²) in [6.07, 6.45) is 4.25. The van der Waals surface area contributed by atoms with Crippen LogP contribution in [0.5, 0.6) is 5.88 Å². The van der Waals surface area contributed by atoms with Gasteiger partial charge in [-0.2, -0.15) is 0 Å². The molecule has 0 unspecified atom stereocenters. The second-order valence-corrected chi connectivity index (χ2v) is 13.7. The summed E-state index contributed by atoms with van der Waals surface area (Å²) in [5.41, 5.74) is 1.01. The van der Waals surface area contributed by atoms with Crippen LogP contribution >= 0.6 is 15.9 Å². The first kappa shape index (κ1) is 29.0. The number of imidazole rings is 1. The topological polar surface area (TPSA) is 155 Å². The number of ether oxygens (including phenoxy) is 1. The number of nitrogens with one attached hydrogen (secondary N) is 1. The minimum absolute atomic E-state index is 0.0633. The molecule has 1 aromatic carbocycles. The van der Waals surface area contributed by atoms with E-state index in [9.17, 15) is 23.1 Å². The lowest BCUT2D eigenvalue weighted by Crippen LogP contribution is -2.48. The van der Waals surface area contributed by atoms with Gasteiger partial charge in [0, 0.05) is 31.9 Å². The van der Waals surface area contributed by atoms with Gasteiger partial charge in [0.2, 0.25) is 5.88 Å². The quantitative estimate of drug-likeness (QED) is 0.272. The lowest BCUT2D eigenvalue weighted by molar-refractivity contribution is 0.158. The van der Waals surface area contributed by atoms with E-state index in [1.54, 1.807) is 43.1 Å². The molecule has 43 heavy (non-hydrogen) atoms. The second kappa shape index (κ2) is 10.3. The first-order chi connectivity index (χ1) is 20.4. The van der Waals surface area contributed by atoms with Gasteiger partial charge in [0.1, 0.15) is 0 Å². The fourth-order valence-electron chi connectivity index (χ4n) is 6.16. The zero-order valence-electron chi connectivity index (χ0n) is 23.9. The Morgan fingerprint density at radius 1 is 1.19 bits per heavy atom. The number of carbonyl (C=O) groups is 1. The molecule has 15 heteroatoms. The number of pyridine rings is 1. The Hall–Kier alpha value is -4.11. The molecule has 5 aromatic rings. The summed E-state index contributed by atoms with van der Waals surface area (Å²) >= 11 is 3.72. The first-order valence-electron chi connectivity index (χ1n) is 13.6. The van der Waals surface area contributed by atoms with E-state index < -0.39 is 21.7 Å². The molecule has 6 rings (SSSR count). The fourth-order valence-corrected chi connectivity index (χ4v) is 8.54. The van der Waals surface area contributed by atoms with Crippen LogP contribution in [0.4, 0.5) is 4.79 Å². The molecular formula is C28H30BrN7O6S. The van der Waals surface area contributed by atoms with Crippen LogP contribution in [-0.2, 0) is 24.1 Å². The van der Waals surface area contributed by atoms with Gasteiger partial charge in [-0.05, 0) is 60.7 Å². The first-order valence-corrected chi connectivity index (χ1v) is 15.8. The molecule has 0 aliphatic heterocycles. The number of halogens is 1. The molecule has 226 valence electrons. The van der Waals surface area contributed by atoms with E-state index in [-0.39, 0.29) is 33.8 Å². The van der Waals surface area contributed by atoms with Crippen LogP contribution in [0.2, 0.25) is 0 Å². The van der Waals surface area contributed by atoms with E-state index in [0.717, 1.165) is 0 Å². The van der Waals surface area contributed by atoms with E-state index in [4.69, 9.17) is 4.74 Å². The summed E-state index contributed by atoms with van der Waals surface area (Å²) in [4.78, 5) is 29.8. The van der Waals surface area contributed by atoms with Gasteiger partial charge >= 0.3 is 11.8 Å². The predicted octanol–water partition coefficient (Wildman–Crippen LogP) is 4.24. The van der Waals surface area contributed by atoms with E-state index in [0.29, 0.717) is 52.1 Å². The van der Waals surface area contributed by atoms with Gasteiger partial charge in [0.15, 0.2) is 5.65 Å². The highest BCUT2D eigenvalue weighted by atomic mass is 79.9. The lowest BCUT2D eigenvalue weighted by atomic mass is 9.80. The molecule has 1 amide bonds. The molecule has 0 radical (unpaired) electrons. The summed E-state index contributed by atoms with van der Waals surface area (Å²) in [6, 6.07) is 7.81. The third kappa shape index (κ3) is 4.52. The molecular weight excluding hydrogens is 642 g/mol.